The third kappa shape index (κ3) is 4.31. The minimum atomic E-state index is -0.261. The lowest BCUT2D eigenvalue weighted by atomic mass is 10.0. The van der Waals surface area contributed by atoms with Crippen LogP contribution in [-0.2, 0) is 16.0 Å². The van der Waals surface area contributed by atoms with Crippen LogP contribution in [0.1, 0.15) is 24.0 Å². The van der Waals surface area contributed by atoms with Gasteiger partial charge in [-0.3, -0.25) is 4.79 Å². The topological polar surface area (TPSA) is 38.3 Å². The van der Waals surface area contributed by atoms with Crippen LogP contribution in [0.3, 0.4) is 0 Å². The Balaban J connectivity index is 1.74. The Kier molecular flexibility index (Phi) is 4.91. The fraction of sp³-hybridized carbons (Fsp3) is 0.533. The van der Waals surface area contributed by atoms with Gasteiger partial charge in [0.25, 0.3) is 0 Å². The highest BCUT2D eigenvalue weighted by Gasteiger charge is 2.15. The number of benzene rings is 1. The zero-order chi connectivity index (χ0) is 13.7. The first kappa shape index (κ1) is 14.0. The molecule has 1 heterocycles. The largest absolute Gasteiger partial charge is 0.381 e. The van der Waals surface area contributed by atoms with Crippen molar-refractivity contribution >= 4 is 5.91 Å². The number of carbonyl (C=O) groups is 1. The maximum Gasteiger partial charge on any atom is 0.224 e. The molecular formula is C15H20FNO2. The Labute approximate surface area is 113 Å². The minimum Gasteiger partial charge on any atom is -0.381 e. The average Bonchev–Trinajstić information content (AvgIpc) is 2.86. The van der Waals surface area contributed by atoms with Gasteiger partial charge in [0, 0.05) is 19.8 Å². The maximum atomic E-state index is 12.9. The van der Waals surface area contributed by atoms with Gasteiger partial charge >= 0.3 is 0 Å². The van der Waals surface area contributed by atoms with Crippen LogP contribution < -0.4 is 5.32 Å². The standard InChI is InChI=1S/C15H20FNO2/c1-11-8-14(16)3-2-13(11)9-15(18)17-6-4-12-5-7-19-10-12/h2-3,8,12H,4-7,9-10H2,1H3,(H,17,18)/t12-/m0/s1. The van der Waals surface area contributed by atoms with E-state index in [4.69, 9.17) is 4.74 Å². The number of nitrogens with one attached hydrogen (secondary N) is 1. The summed E-state index contributed by atoms with van der Waals surface area (Å²) in [6.07, 6.45) is 2.37. The van der Waals surface area contributed by atoms with Crippen LogP contribution in [0.25, 0.3) is 0 Å². The highest BCUT2D eigenvalue weighted by Crippen LogP contribution is 2.15. The second kappa shape index (κ2) is 6.66. The van der Waals surface area contributed by atoms with Crippen LogP contribution >= 0.6 is 0 Å². The van der Waals surface area contributed by atoms with Crippen molar-refractivity contribution in [2.24, 2.45) is 5.92 Å². The first-order chi connectivity index (χ1) is 9.15. The first-order valence-corrected chi connectivity index (χ1v) is 6.74. The van der Waals surface area contributed by atoms with E-state index >= 15 is 0 Å². The second-order valence-corrected chi connectivity index (χ2v) is 5.12. The van der Waals surface area contributed by atoms with E-state index in [-0.39, 0.29) is 11.7 Å². The smallest absolute Gasteiger partial charge is 0.224 e. The normalized spacial score (nSPS) is 18.5. The number of hydrogen-bond donors (Lipinski definition) is 1. The maximum absolute atomic E-state index is 12.9. The molecule has 19 heavy (non-hydrogen) atoms. The molecule has 1 aliphatic rings. The van der Waals surface area contributed by atoms with E-state index < -0.39 is 0 Å². The van der Waals surface area contributed by atoms with E-state index in [2.05, 4.69) is 5.32 Å². The van der Waals surface area contributed by atoms with Gasteiger partial charge in [0.2, 0.25) is 5.91 Å². The van der Waals surface area contributed by atoms with Crippen LogP contribution in [0.2, 0.25) is 0 Å². The first-order valence-electron chi connectivity index (χ1n) is 6.74. The Morgan fingerprint density at radius 1 is 1.53 bits per heavy atom. The van der Waals surface area contributed by atoms with Gasteiger partial charge in [0.1, 0.15) is 5.82 Å². The summed E-state index contributed by atoms with van der Waals surface area (Å²) in [5.74, 6) is 0.310. The molecule has 0 saturated carbocycles. The molecule has 0 spiro atoms. The van der Waals surface area contributed by atoms with Gasteiger partial charge in [-0.15, -0.1) is 0 Å². The zero-order valence-electron chi connectivity index (χ0n) is 11.2. The van der Waals surface area contributed by atoms with Gasteiger partial charge in [0.15, 0.2) is 0 Å². The Morgan fingerprint density at radius 3 is 3.05 bits per heavy atom. The molecule has 1 atom stereocenters. The summed E-state index contributed by atoms with van der Waals surface area (Å²) in [6, 6.07) is 4.53. The van der Waals surface area contributed by atoms with Crippen molar-refractivity contribution in [2.75, 3.05) is 19.8 Å². The van der Waals surface area contributed by atoms with Crippen molar-refractivity contribution in [3.63, 3.8) is 0 Å². The molecule has 1 aromatic rings. The lowest BCUT2D eigenvalue weighted by Gasteiger charge is -2.10. The van der Waals surface area contributed by atoms with Gasteiger partial charge < -0.3 is 10.1 Å². The van der Waals surface area contributed by atoms with Crippen molar-refractivity contribution in [1.82, 2.24) is 5.32 Å². The van der Waals surface area contributed by atoms with Crippen molar-refractivity contribution in [3.8, 4) is 0 Å². The van der Waals surface area contributed by atoms with E-state index in [1.54, 1.807) is 6.07 Å². The zero-order valence-corrected chi connectivity index (χ0v) is 11.2. The highest BCUT2D eigenvalue weighted by atomic mass is 19.1. The van der Waals surface area contributed by atoms with Crippen molar-refractivity contribution in [1.29, 1.82) is 0 Å². The molecule has 0 aromatic heterocycles. The van der Waals surface area contributed by atoms with Crippen molar-refractivity contribution in [3.05, 3.63) is 35.1 Å². The highest BCUT2D eigenvalue weighted by molar-refractivity contribution is 5.78. The van der Waals surface area contributed by atoms with Crippen LogP contribution in [0.5, 0.6) is 0 Å². The van der Waals surface area contributed by atoms with Gasteiger partial charge in [-0.2, -0.15) is 0 Å². The molecule has 1 saturated heterocycles. The summed E-state index contributed by atoms with van der Waals surface area (Å²) < 4.78 is 18.2. The molecule has 4 heteroatoms. The molecule has 104 valence electrons. The monoisotopic (exact) mass is 265 g/mol. The number of hydrogen-bond acceptors (Lipinski definition) is 2. The van der Waals surface area contributed by atoms with Gasteiger partial charge in [-0.05, 0) is 48.9 Å². The number of rotatable bonds is 5. The molecule has 0 aliphatic carbocycles. The van der Waals surface area contributed by atoms with E-state index in [0.717, 1.165) is 37.2 Å². The van der Waals surface area contributed by atoms with Crippen LogP contribution in [0.15, 0.2) is 18.2 Å². The molecule has 0 radical (unpaired) electrons. The average molecular weight is 265 g/mol. The predicted molar refractivity (Wildman–Crippen MR) is 71.4 cm³/mol. The SMILES string of the molecule is Cc1cc(F)ccc1CC(=O)NCC[C@H]1CCOC1. The molecule has 1 aromatic carbocycles. The molecule has 1 N–H and O–H groups in total. The molecule has 1 fully saturated rings. The van der Waals surface area contributed by atoms with E-state index in [9.17, 15) is 9.18 Å². The Bertz CT molecular complexity index is 442. The fourth-order valence-corrected chi connectivity index (χ4v) is 2.32. The lowest BCUT2D eigenvalue weighted by Crippen LogP contribution is -2.27. The van der Waals surface area contributed by atoms with Gasteiger partial charge in [-0.1, -0.05) is 6.07 Å². The number of amides is 1. The van der Waals surface area contributed by atoms with E-state index in [1.165, 1.54) is 12.1 Å². The summed E-state index contributed by atoms with van der Waals surface area (Å²) in [6.45, 7) is 4.16. The van der Waals surface area contributed by atoms with Gasteiger partial charge in [0.05, 0.1) is 6.42 Å². The van der Waals surface area contributed by atoms with Crippen molar-refractivity contribution < 1.29 is 13.9 Å². The molecule has 3 nitrogen and oxygen atoms in total. The minimum absolute atomic E-state index is 0.00590. The number of halogens is 1. The lowest BCUT2D eigenvalue weighted by molar-refractivity contribution is -0.120. The quantitative estimate of drug-likeness (QED) is 0.886. The molecule has 1 amide bonds. The predicted octanol–water partition coefficient (Wildman–Crippen LogP) is 2.22. The number of ether oxygens (including phenoxy) is 1. The number of aryl methyl sites for hydroxylation is 1. The fourth-order valence-electron chi connectivity index (χ4n) is 2.32. The number of carbonyl (C=O) groups excluding carboxylic acids is 1. The Hall–Kier alpha value is -1.42. The van der Waals surface area contributed by atoms with E-state index in [1.807, 2.05) is 6.92 Å². The molecule has 0 unspecified atom stereocenters. The summed E-state index contributed by atoms with van der Waals surface area (Å²) in [7, 11) is 0. The molecule has 2 rings (SSSR count). The summed E-state index contributed by atoms with van der Waals surface area (Å²) in [5, 5.41) is 2.91. The van der Waals surface area contributed by atoms with Gasteiger partial charge in [-0.25, -0.2) is 4.39 Å². The van der Waals surface area contributed by atoms with Crippen molar-refractivity contribution in [2.45, 2.75) is 26.2 Å². The van der Waals surface area contributed by atoms with E-state index in [0.29, 0.717) is 18.9 Å². The van der Waals surface area contributed by atoms with Crippen LogP contribution in [0, 0.1) is 18.7 Å². The molecule has 1 aliphatic heterocycles. The Morgan fingerprint density at radius 2 is 2.37 bits per heavy atom. The summed E-state index contributed by atoms with van der Waals surface area (Å²) in [5.41, 5.74) is 1.70. The second-order valence-electron chi connectivity index (χ2n) is 5.12. The van der Waals surface area contributed by atoms with Crippen LogP contribution in [0.4, 0.5) is 4.39 Å². The third-order valence-electron chi connectivity index (χ3n) is 3.55. The summed E-state index contributed by atoms with van der Waals surface area (Å²) in [4.78, 5) is 11.8. The van der Waals surface area contributed by atoms with Crippen LogP contribution in [-0.4, -0.2) is 25.7 Å². The summed E-state index contributed by atoms with van der Waals surface area (Å²) >= 11 is 0. The molecule has 0 bridgehead atoms. The molecular weight excluding hydrogens is 245 g/mol. The third-order valence-corrected chi connectivity index (χ3v) is 3.55.